The minimum absolute atomic E-state index is 0.0677. The third-order valence-electron chi connectivity index (χ3n) is 2.45. The van der Waals surface area contributed by atoms with E-state index in [1.165, 1.54) is 24.3 Å². The van der Waals surface area contributed by atoms with Gasteiger partial charge in [0.15, 0.2) is 0 Å². The van der Waals surface area contributed by atoms with Crippen LogP contribution in [0.2, 0.25) is 0 Å². The van der Waals surface area contributed by atoms with E-state index >= 15 is 0 Å². The van der Waals surface area contributed by atoms with E-state index < -0.39 is 21.9 Å². The topological polar surface area (TPSA) is 105 Å². The molecule has 98 valence electrons. The fourth-order valence-corrected chi connectivity index (χ4v) is 2.39. The van der Waals surface area contributed by atoms with E-state index in [0.29, 0.717) is 0 Å². The van der Waals surface area contributed by atoms with Gasteiger partial charge in [-0.15, -0.1) is 9.35 Å². The number of carbonyl (C=O) groups is 2. The third kappa shape index (κ3) is 2.62. The molecule has 1 aliphatic rings. The second kappa shape index (κ2) is 4.79. The van der Waals surface area contributed by atoms with Crippen LogP contribution in [0.4, 0.5) is 0 Å². The maximum atomic E-state index is 11.8. The first kappa shape index (κ1) is 13.2. The summed E-state index contributed by atoms with van der Waals surface area (Å²) in [6.45, 7) is 0. The number of rotatable bonds is 3. The Balaban J connectivity index is 2.25. The van der Waals surface area contributed by atoms with Gasteiger partial charge in [0.1, 0.15) is 0 Å². The molecule has 1 aliphatic heterocycles. The Morgan fingerprint density at radius 2 is 1.63 bits per heavy atom. The molecule has 1 fully saturated rings. The highest BCUT2D eigenvalue weighted by molar-refractivity contribution is 7.86. The van der Waals surface area contributed by atoms with Gasteiger partial charge in [-0.2, -0.15) is 13.7 Å². The summed E-state index contributed by atoms with van der Waals surface area (Å²) in [4.78, 5) is 22.3. The Bertz CT molecular complexity index is 656. The number of hydrogen-bond donors (Lipinski definition) is 0. The summed E-state index contributed by atoms with van der Waals surface area (Å²) in [6, 6.07) is 6.76. The average Bonchev–Trinajstić information content (AvgIpc) is 2.70. The maximum absolute atomic E-state index is 11.8. The van der Waals surface area contributed by atoms with Crippen molar-refractivity contribution < 1.29 is 22.3 Å². The van der Waals surface area contributed by atoms with Gasteiger partial charge in [0.25, 0.3) is 11.8 Å². The van der Waals surface area contributed by atoms with Crippen LogP contribution in [0.3, 0.4) is 0 Å². The quantitative estimate of drug-likeness (QED) is 0.739. The van der Waals surface area contributed by atoms with Crippen molar-refractivity contribution in [1.82, 2.24) is 5.06 Å². The summed E-state index contributed by atoms with van der Waals surface area (Å²) < 4.78 is 28.2. The number of hydroxylamine groups is 2. The second-order valence-electron chi connectivity index (χ2n) is 3.75. The van der Waals surface area contributed by atoms with E-state index in [1.54, 1.807) is 0 Å². The van der Waals surface area contributed by atoms with Crippen LogP contribution in [0, 0.1) is 11.3 Å². The Kier molecular flexibility index (Phi) is 3.33. The molecule has 1 aromatic rings. The Morgan fingerprint density at radius 1 is 1.11 bits per heavy atom. The van der Waals surface area contributed by atoms with Crippen LogP contribution in [0.5, 0.6) is 0 Å². The smallest absolute Gasteiger partial charge is 0.272 e. The normalized spacial score (nSPS) is 15.6. The lowest BCUT2D eigenvalue weighted by Crippen LogP contribution is -2.32. The summed E-state index contributed by atoms with van der Waals surface area (Å²) in [6.07, 6.45) is -0.135. The van der Waals surface area contributed by atoms with Gasteiger partial charge < -0.3 is 0 Å². The van der Waals surface area contributed by atoms with Crippen molar-refractivity contribution >= 4 is 21.9 Å². The molecular formula is C11H8N2O5S. The summed E-state index contributed by atoms with van der Waals surface area (Å²) in [5.74, 6) is -1.38. The Hall–Kier alpha value is -2.24. The van der Waals surface area contributed by atoms with Crippen LogP contribution >= 0.6 is 0 Å². The first-order chi connectivity index (χ1) is 8.94. The zero-order valence-electron chi connectivity index (χ0n) is 9.57. The fraction of sp³-hybridized carbons (Fsp3) is 0.182. The first-order valence-corrected chi connectivity index (χ1v) is 6.65. The van der Waals surface area contributed by atoms with Crippen molar-refractivity contribution in [2.75, 3.05) is 0 Å². The number of nitrogens with zero attached hydrogens (tertiary/aromatic N) is 2. The van der Waals surface area contributed by atoms with Crippen LogP contribution in [0.15, 0.2) is 29.2 Å². The lowest BCUT2D eigenvalue weighted by Gasteiger charge is -2.12. The predicted octanol–water partition coefficient (Wildman–Crippen LogP) is 0.328. The zero-order valence-corrected chi connectivity index (χ0v) is 10.4. The molecule has 0 unspecified atom stereocenters. The lowest BCUT2D eigenvalue weighted by atomic mass is 10.2. The van der Waals surface area contributed by atoms with Gasteiger partial charge in [-0.1, -0.05) is 0 Å². The largest absolute Gasteiger partial charge is 0.318 e. The fourth-order valence-electron chi connectivity index (χ4n) is 1.48. The summed E-state index contributed by atoms with van der Waals surface area (Å²) >= 11 is 0. The molecule has 0 radical (unpaired) electrons. The minimum atomic E-state index is -4.26. The van der Waals surface area contributed by atoms with Gasteiger partial charge >= 0.3 is 10.1 Å². The molecule has 2 amide bonds. The van der Waals surface area contributed by atoms with Crippen LogP contribution in [0.1, 0.15) is 18.4 Å². The van der Waals surface area contributed by atoms with Crippen molar-refractivity contribution in [1.29, 1.82) is 5.26 Å². The molecule has 19 heavy (non-hydrogen) atoms. The van der Waals surface area contributed by atoms with Gasteiger partial charge in [0, 0.05) is 12.8 Å². The van der Waals surface area contributed by atoms with Gasteiger partial charge in [-0.05, 0) is 24.3 Å². The molecule has 0 N–H and O–H groups in total. The number of benzene rings is 1. The van der Waals surface area contributed by atoms with Crippen molar-refractivity contribution in [2.45, 2.75) is 17.7 Å². The number of hydrogen-bond acceptors (Lipinski definition) is 6. The van der Waals surface area contributed by atoms with Crippen molar-refractivity contribution in [3.63, 3.8) is 0 Å². The standard InChI is InChI=1S/C11H8N2O5S/c12-7-8-1-3-9(4-2-8)19(16,17)18-13-10(14)5-6-11(13)15/h1-4H,5-6H2. The van der Waals surface area contributed by atoms with Gasteiger partial charge in [0.2, 0.25) is 0 Å². The number of nitriles is 1. The lowest BCUT2D eigenvalue weighted by molar-refractivity contribution is -0.163. The van der Waals surface area contributed by atoms with Gasteiger partial charge in [-0.3, -0.25) is 9.59 Å². The molecule has 0 bridgehead atoms. The third-order valence-corrected chi connectivity index (χ3v) is 3.65. The van der Waals surface area contributed by atoms with E-state index in [1.807, 2.05) is 6.07 Å². The highest BCUT2D eigenvalue weighted by Crippen LogP contribution is 2.19. The van der Waals surface area contributed by atoms with E-state index in [0.717, 1.165) is 0 Å². The average molecular weight is 280 g/mol. The highest BCUT2D eigenvalue weighted by atomic mass is 32.2. The second-order valence-corrected chi connectivity index (χ2v) is 5.28. The van der Waals surface area contributed by atoms with Crippen LogP contribution in [-0.2, 0) is 24.0 Å². The SMILES string of the molecule is N#Cc1ccc(S(=O)(=O)ON2C(=O)CCC2=O)cc1. The van der Waals surface area contributed by atoms with E-state index in [-0.39, 0.29) is 28.4 Å². The van der Waals surface area contributed by atoms with E-state index in [4.69, 9.17) is 5.26 Å². The number of imide groups is 1. The molecule has 2 rings (SSSR count). The molecule has 1 aromatic carbocycles. The van der Waals surface area contributed by atoms with Crippen LogP contribution < -0.4 is 0 Å². The summed E-state index contributed by atoms with van der Waals surface area (Å²) in [5.41, 5.74) is 0.285. The predicted molar refractivity (Wildman–Crippen MR) is 60.5 cm³/mol. The number of amides is 2. The van der Waals surface area contributed by atoms with Crippen molar-refractivity contribution in [3.8, 4) is 6.07 Å². The zero-order chi connectivity index (χ0) is 14.0. The Labute approximate surface area is 109 Å². The van der Waals surface area contributed by atoms with Crippen molar-refractivity contribution in [2.24, 2.45) is 0 Å². The summed E-state index contributed by atoms with van der Waals surface area (Å²) in [7, 11) is -4.26. The van der Waals surface area contributed by atoms with E-state index in [9.17, 15) is 18.0 Å². The molecule has 1 saturated heterocycles. The van der Waals surface area contributed by atoms with Crippen LogP contribution in [-0.4, -0.2) is 25.3 Å². The molecule has 0 aliphatic carbocycles. The molecule has 0 aromatic heterocycles. The minimum Gasteiger partial charge on any atom is -0.272 e. The number of carbonyl (C=O) groups excluding carboxylic acids is 2. The molecule has 7 nitrogen and oxygen atoms in total. The molecule has 1 heterocycles. The molecule has 0 atom stereocenters. The molecule has 0 spiro atoms. The molecule has 0 saturated carbocycles. The molecular weight excluding hydrogens is 272 g/mol. The van der Waals surface area contributed by atoms with Gasteiger partial charge in [-0.25, -0.2) is 0 Å². The van der Waals surface area contributed by atoms with Gasteiger partial charge in [0.05, 0.1) is 16.5 Å². The molecule has 8 heteroatoms. The monoisotopic (exact) mass is 280 g/mol. The van der Waals surface area contributed by atoms with Crippen molar-refractivity contribution in [3.05, 3.63) is 29.8 Å². The first-order valence-electron chi connectivity index (χ1n) is 5.24. The van der Waals surface area contributed by atoms with Crippen LogP contribution in [0.25, 0.3) is 0 Å². The Morgan fingerprint density at radius 3 is 2.11 bits per heavy atom. The summed E-state index contributed by atoms with van der Waals surface area (Å²) in [5, 5.41) is 8.86. The maximum Gasteiger partial charge on any atom is 0.318 e. The highest BCUT2D eigenvalue weighted by Gasteiger charge is 2.35. The van der Waals surface area contributed by atoms with E-state index in [2.05, 4.69) is 4.28 Å².